The summed E-state index contributed by atoms with van der Waals surface area (Å²) in [6.45, 7) is 1.94. The number of nitrogens with zero attached hydrogens (tertiary/aromatic N) is 1. The maximum absolute atomic E-state index is 9.33. The number of rotatable bonds is 1. The van der Waals surface area contributed by atoms with Gasteiger partial charge in [0.05, 0.1) is 0 Å². The van der Waals surface area contributed by atoms with Crippen LogP contribution in [0.4, 0.5) is 0 Å². The molecule has 0 saturated heterocycles. The Morgan fingerprint density at radius 3 is 2.73 bits per heavy atom. The Labute approximate surface area is 66.2 Å². The number of hydrogen-bond acceptors (Lipinski definition) is 2. The molecule has 0 aliphatic carbocycles. The minimum atomic E-state index is 0.288. The van der Waals surface area contributed by atoms with E-state index in [2.05, 4.69) is 4.99 Å². The topological polar surface area (TPSA) is 32.6 Å². The first-order valence-electron chi connectivity index (χ1n) is 3.46. The lowest BCUT2D eigenvalue weighted by molar-refractivity contribution is 0.474. The fourth-order valence-corrected chi connectivity index (χ4v) is 0.902. The highest BCUT2D eigenvalue weighted by Gasteiger charge is 1.95. The highest BCUT2D eigenvalue weighted by atomic mass is 16.3. The van der Waals surface area contributed by atoms with Crippen LogP contribution in [-0.2, 0) is 0 Å². The lowest BCUT2D eigenvalue weighted by atomic mass is 10.1. The van der Waals surface area contributed by atoms with Crippen LogP contribution in [0.1, 0.15) is 11.1 Å². The molecule has 1 aromatic rings. The third-order valence-corrected chi connectivity index (χ3v) is 1.45. The van der Waals surface area contributed by atoms with Gasteiger partial charge in [-0.25, -0.2) is 0 Å². The maximum atomic E-state index is 9.33. The Hall–Kier alpha value is -1.31. The van der Waals surface area contributed by atoms with Crippen molar-refractivity contribution in [3.63, 3.8) is 0 Å². The van der Waals surface area contributed by atoms with Gasteiger partial charge in [-0.15, -0.1) is 0 Å². The van der Waals surface area contributed by atoms with E-state index in [1.807, 2.05) is 19.1 Å². The third-order valence-electron chi connectivity index (χ3n) is 1.45. The average molecular weight is 149 g/mol. The molecule has 1 rings (SSSR count). The van der Waals surface area contributed by atoms with Gasteiger partial charge in [-0.05, 0) is 24.6 Å². The number of aromatic hydroxyl groups is 1. The quantitative estimate of drug-likeness (QED) is 0.606. The first-order chi connectivity index (χ1) is 5.24. The molecule has 0 bridgehead atoms. The molecular weight excluding hydrogens is 138 g/mol. The van der Waals surface area contributed by atoms with Crippen molar-refractivity contribution in [3.8, 4) is 5.75 Å². The van der Waals surface area contributed by atoms with Crippen molar-refractivity contribution in [2.75, 3.05) is 7.05 Å². The molecule has 0 radical (unpaired) electrons. The van der Waals surface area contributed by atoms with Crippen LogP contribution in [0.15, 0.2) is 23.2 Å². The van der Waals surface area contributed by atoms with E-state index in [0.717, 1.165) is 11.1 Å². The molecule has 58 valence electrons. The van der Waals surface area contributed by atoms with E-state index in [1.165, 1.54) is 0 Å². The van der Waals surface area contributed by atoms with Crippen molar-refractivity contribution in [3.05, 3.63) is 29.3 Å². The standard InChI is InChI=1S/C9H11NO/c1-7-3-4-8(6-10-2)9(11)5-7/h3-6,11H,1-2H3. The van der Waals surface area contributed by atoms with Crippen LogP contribution < -0.4 is 0 Å². The van der Waals surface area contributed by atoms with Gasteiger partial charge in [-0.1, -0.05) is 6.07 Å². The number of aryl methyl sites for hydroxylation is 1. The summed E-state index contributed by atoms with van der Waals surface area (Å²) in [7, 11) is 1.68. The van der Waals surface area contributed by atoms with Gasteiger partial charge in [0.15, 0.2) is 0 Å². The van der Waals surface area contributed by atoms with E-state index >= 15 is 0 Å². The summed E-state index contributed by atoms with van der Waals surface area (Å²) in [6.07, 6.45) is 1.63. The van der Waals surface area contributed by atoms with E-state index in [-0.39, 0.29) is 5.75 Å². The summed E-state index contributed by atoms with van der Waals surface area (Å²) in [6, 6.07) is 5.51. The summed E-state index contributed by atoms with van der Waals surface area (Å²) >= 11 is 0. The van der Waals surface area contributed by atoms with Crippen LogP contribution in [-0.4, -0.2) is 18.4 Å². The molecule has 0 aromatic heterocycles. The van der Waals surface area contributed by atoms with Gasteiger partial charge < -0.3 is 5.11 Å². The molecule has 0 fully saturated rings. The van der Waals surface area contributed by atoms with Gasteiger partial charge >= 0.3 is 0 Å². The van der Waals surface area contributed by atoms with Crippen molar-refractivity contribution in [1.29, 1.82) is 0 Å². The van der Waals surface area contributed by atoms with E-state index in [9.17, 15) is 5.11 Å². The van der Waals surface area contributed by atoms with Crippen LogP contribution >= 0.6 is 0 Å². The molecular formula is C9H11NO. The third kappa shape index (κ3) is 1.80. The zero-order chi connectivity index (χ0) is 8.27. The molecule has 0 amide bonds. The fourth-order valence-electron chi connectivity index (χ4n) is 0.902. The molecule has 0 spiro atoms. The zero-order valence-electron chi connectivity index (χ0n) is 6.70. The van der Waals surface area contributed by atoms with E-state index in [1.54, 1.807) is 19.3 Å². The van der Waals surface area contributed by atoms with Crippen LogP contribution in [0.3, 0.4) is 0 Å². The Morgan fingerprint density at radius 2 is 2.18 bits per heavy atom. The molecule has 2 nitrogen and oxygen atoms in total. The lowest BCUT2D eigenvalue weighted by Gasteiger charge is -1.98. The molecule has 0 aliphatic heterocycles. The molecule has 11 heavy (non-hydrogen) atoms. The second-order valence-corrected chi connectivity index (χ2v) is 2.45. The number of phenolic OH excluding ortho intramolecular Hbond substituents is 1. The number of phenols is 1. The van der Waals surface area contributed by atoms with Gasteiger partial charge in [0.1, 0.15) is 5.75 Å². The number of benzene rings is 1. The Balaban J connectivity index is 3.09. The summed E-state index contributed by atoms with van der Waals surface area (Å²) in [5.41, 5.74) is 1.81. The van der Waals surface area contributed by atoms with Crippen molar-refractivity contribution in [2.24, 2.45) is 4.99 Å². The van der Waals surface area contributed by atoms with Crippen molar-refractivity contribution < 1.29 is 5.11 Å². The first kappa shape index (κ1) is 7.79. The van der Waals surface area contributed by atoms with Crippen LogP contribution in [0.5, 0.6) is 5.75 Å². The average Bonchev–Trinajstić information content (AvgIpc) is 1.95. The normalized spacial score (nSPS) is 10.7. The van der Waals surface area contributed by atoms with Crippen molar-refractivity contribution >= 4 is 6.21 Å². The Bertz CT molecular complexity index is 279. The van der Waals surface area contributed by atoms with Crippen LogP contribution in [0, 0.1) is 6.92 Å². The Kier molecular flexibility index (Phi) is 2.26. The van der Waals surface area contributed by atoms with E-state index in [4.69, 9.17) is 0 Å². The van der Waals surface area contributed by atoms with E-state index < -0.39 is 0 Å². The maximum Gasteiger partial charge on any atom is 0.124 e. The predicted molar refractivity (Wildman–Crippen MR) is 46.4 cm³/mol. The van der Waals surface area contributed by atoms with Gasteiger partial charge in [0.25, 0.3) is 0 Å². The molecule has 1 N–H and O–H groups in total. The molecule has 0 saturated carbocycles. The van der Waals surface area contributed by atoms with Crippen LogP contribution in [0.2, 0.25) is 0 Å². The fraction of sp³-hybridized carbons (Fsp3) is 0.222. The monoisotopic (exact) mass is 149 g/mol. The van der Waals surface area contributed by atoms with Gasteiger partial charge in [-0.2, -0.15) is 0 Å². The van der Waals surface area contributed by atoms with Crippen molar-refractivity contribution in [2.45, 2.75) is 6.92 Å². The second kappa shape index (κ2) is 3.19. The summed E-state index contributed by atoms with van der Waals surface area (Å²) in [4.78, 5) is 3.81. The molecule has 0 aliphatic rings. The smallest absolute Gasteiger partial charge is 0.124 e. The summed E-state index contributed by atoms with van der Waals surface area (Å²) in [5.74, 6) is 0.288. The van der Waals surface area contributed by atoms with Gasteiger partial charge in [0.2, 0.25) is 0 Å². The predicted octanol–water partition coefficient (Wildman–Crippen LogP) is 1.75. The van der Waals surface area contributed by atoms with Gasteiger partial charge in [-0.3, -0.25) is 4.99 Å². The minimum absolute atomic E-state index is 0.288. The zero-order valence-corrected chi connectivity index (χ0v) is 6.70. The minimum Gasteiger partial charge on any atom is -0.507 e. The molecule has 0 heterocycles. The molecule has 0 unspecified atom stereocenters. The second-order valence-electron chi connectivity index (χ2n) is 2.45. The largest absolute Gasteiger partial charge is 0.507 e. The Morgan fingerprint density at radius 1 is 1.45 bits per heavy atom. The number of aliphatic imine (C=N–C) groups is 1. The van der Waals surface area contributed by atoms with Crippen LogP contribution in [0.25, 0.3) is 0 Å². The van der Waals surface area contributed by atoms with E-state index in [0.29, 0.717) is 0 Å². The summed E-state index contributed by atoms with van der Waals surface area (Å²) in [5, 5.41) is 9.33. The lowest BCUT2D eigenvalue weighted by Crippen LogP contribution is -1.82. The number of hydrogen-bond donors (Lipinski definition) is 1. The summed E-state index contributed by atoms with van der Waals surface area (Å²) < 4.78 is 0. The molecule has 2 heteroatoms. The van der Waals surface area contributed by atoms with Crippen molar-refractivity contribution in [1.82, 2.24) is 0 Å². The SMILES string of the molecule is CN=Cc1ccc(C)cc1O. The van der Waals surface area contributed by atoms with Gasteiger partial charge in [0, 0.05) is 18.8 Å². The first-order valence-corrected chi connectivity index (χ1v) is 3.46. The highest BCUT2D eigenvalue weighted by Crippen LogP contribution is 2.15. The highest BCUT2D eigenvalue weighted by molar-refractivity contribution is 5.83. The molecule has 1 aromatic carbocycles. The molecule has 0 atom stereocenters.